The lowest BCUT2D eigenvalue weighted by atomic mass is 10.2. The quantitative estimate of drug-likeness (QED) is 0.880. The molecule has 0 radical (unpaired) electrons. The summed E-state index contributed by atoms with van der Waals surface area (Å²) in [6.07, 6.45) is 0. The minimum atomic E-state index is -1.00. The molecule has 0 amide bonds. The zero-order valence-corrected chi connectivity index (χ0v) is 10.3. The van der Waals surface area contributed by atoms with Crippen molar-refractivity contribution in [3.05, 3.63) is 30.0 Å². The first-order valence-corrected chi connectivity index (χ1v) is 5.58. The molecule has 0 saturated heterocycles. The monoisotopic (exact) mass is 249 g/mol. The summed E-state index contributed by atoms with van der Waals surface area (Å²) < 4.78 is 12.0. The van der Waals surface area contributed by atoms with Crippen LogP contribution in [0.1, 0.15) is 10.5 Å². The van der Waals surface area contributed by atoms with Crippen LogP contribution in [0.5, 0.6) is 5.75 Å². The van der Waals surface area contributed by atoms with Crippen LogP contribution in [0.4, 0.5) is 0 Å². The topological polar surface area (TPSA) is 60.7 Å². The van der Waals surface area contributed by atoms with Crippen LogP contribution in [0.3, 0.4) is 0 Å². The van der Waals surface area contributed by atoms with Gasteiger partial charge in [-0.25, -0.2) is 4.79 Å². The molecule has 0 atom stereocenters. The molecule has 18 heavy (non-hydrogen) atoms. The van der Waals surface area contributed by atoms with E-state index in [1.54, 1.807) is 11.7 Å². The Morgan fingerprint density at radius 1 is 1.33 bits per heavy atom. The van der Waals surface area contributed by atoms with Gasteiger partial charge in [0, 0.05) is 19.0 Å². The second kappa shape index (κ2) is 5.10. The third-order valence-corrected chi connectivity index (χ3v) is 2.85. The van der Waals surface area contributed by atoms with Gasteiger partial charge >= 0.3 is 5.97 Å². The van der Waals surface area contributed by atoms with E-state index in [4.69, 9.17) is 9.47 Å². The Morgan fingerprint density at radius 2 is 2.06 bits per heavy atom. The van der Waals surface area contributed by atoms with Gasteiger partial charge in [-0.3, -0.25) is 0 Å². The van der Waals surface area contributed by atoms with Crippen molar-refractivity contribution in [2.45, 2.75) is 6.54 Å². The summed E-state index contributed by atoms with van der Waals surface area (Å²) in [5.41, 5.74) is 1.000. The molecule has 1 N–H and O–H groups in total. The Kier molecular flexibility index (Phi) is 3.53. The predicted octanol–water partition coefficient (Wildman–Crippen LogP) is 1.99. The summed E-state index contributed by atoms with van der Waals surface area (Å²) in [6.45, 7) is 0.921. The molecule has 1 aromatic heterocycles. The van der Waals surface area contributed by atoms with E-state index in [2.05, 4.69) is 0 Å². The van der Waals surface area contributed by atoms with Crippen molar-refractivity contribution in [1.29, 1.82) is 0 Å². The third kappa shape index (κ3) is 1.93. The fourth-order valence-electron chi connectivity index (χ4n) is 2.11. The molecule has 2 aromatic rings. The number of ether oxygens (including phenoxy) is 2. The first-order chi connectivity index (χ1) is 8.70. The molecule has 2 rings (SSSR count). The van der Waals surface area contributed by atoms with Gasteiger partial charge in [0.1, 0.15) is 0 Å². The summed E-state index contributed by atoms with van der Waals surface area (Å²) in [5, 5.41) is 10.1. The lowest BCUT2D eigenvalue weighted by Gasteiger charge is -2.07. The minimum Gasteiger partial charge on any atom is -0.494 e. The van der Waals surface area contributed by atoms with Gasteiger partial charge < -0.3 is 19.1 Å². The summed E-state index contributed by atoms with van der Waals surface area (Å²) in [5.74, 6) is -0.603. The van der Waals surface area contributed by atoms with Crippen LogP contribution >= 0.6 is 0 Å². The number of benzene rings is 1. The van der Waals surface area contributed by atoms with Gasteiger partial charge in [0.2, 0.25) is 0 Å². The largest absolute Gasteiger partial charge is 0.494 e. The van der Waals surface area contributed by atoms with Crippen LogP contribution < -0.4 is 4.74 Å². The van der Waals surface area contributed by atoms with E-state index in [1.165, 1.54) is 7.11 Å². The van der Waals surface area contributed by atoms with Crippen LogP contribution in [0.15, 0.2) is 24.3 Å². The van der Waals surface area contributed by atoms with Gasteiger partial charge in [0.05, 0.1) is 19.2 Å². The number of methoxy groups -OCH3 is 2. The third-order valence-electron chi connectivity index (χ3n) is 2.85. The average molecular weight is 249 g/mol. The van der Waals surface area contributed by atoms with Crippen molar-refractivity contribution in [2.75, 3.05) is 20.8 Å². The second-order valence-corrected chi connectivity index (χ2v) is 3.85. The first kappa shape index (κ1) is 12.4. The van der Waals surface area contributed by atoms with Crippen molar-refractivity contribution in [2.24, 2.45) is 0 Å². The highest BCUT2D eigenvalue weighted by Crippen LogP contribution is 2.32. The minimum absolute atomic E-state index is 0.163. The Labute approximate surface area is 105 Å². The predicted molar refractivity (Wildman–Crippen MR) is 67.3 cm³/mol. The molecule has 5 heteroatoms. The Hall–Kier alpha value is -2.01. The number of rotatable bonds is 5. The molecule has 1 aromatic carbocycles. The summed E-state index contributed by atoms with van der Waals surface area (Å²) >= 11 is 0. The number of nitrogens with zero attached hydrogens (tertiary/aromatic N) is 1. The molecule has 96 valence electrons. The molecule has 0 fully saturated rings. The van der Waals surface area contributed by atoms with Crippen molar-refractivity contribution in [3.63, 3.8) is 0 Å². The number of fused-ring (bicyclic) bond motifs is 1. The van der Waals surface area contributed by atoms with Gasteiger partial charge in [-0.1, -0.05) is 12.1 Å². The van der Waals surface area contributed by atoms with E-state index in [1.807, 2.05) is 24.3 Å². The smallest absolute Gasteiger partial charge is 0.356 e. The van der Waals surface area contributed by atoms with Crippen LogP contribution in [-0.2, 0) is 11.3 Å². The maximum atomic E-state index is 11.4. The molecule has 0 aliphatic heterocycles. The molecule has 5 nitrogen and oxygen atoms in total. The Bertz CT molecular complexity index is 574. The van der Waals surface area contributed by atoms with Crippen molar-refractivity contribution < 1.29 is 19.4 Å². The summed E-state index contributed by atoms with van der Waals surface area (Å²) in [4.78, 5) is 11.4. The fraction of sp³-hybridized carbons (Fsp3) is 0.308. The number of hydrogen-bond donors (Lipinski definition) is 1. The highest BCUT2D eigenvalue weighted by atomic mass is 16.5. The number of hydrogen-bond acceptors (Lipinski definition) is 3. The van der Waals surface area contributed by atoms with Gasteiger partial charge in [-0.05, 0) is 12.1 Å². The van der Waals surface area contributed by atoms with Crippen LogP contribution in [0.2, 0.25) is 0 Å². The first-order valence-electron chi connectivity index (χ1n) is 5.58. The lowest BCUT2D eigenvalue weighted by molar-refractivity contribution is 0.0679. The van der Waals surface area contributed by atoms with E-state index < -0.39 is 5.97 Å². The van der Waals surface area contributed by atoms with Crippen molar-refractivity contribution in [1.82, 2.24) is 4.57 Å². The molecule has 0 aliphatic carbocycles. The summed E-state index contributed by atoms with van der Waals surface area (Å²) in [7, 11) is 3.07. The Morgan fingerprint density at radius 3 is 2.67 bits per heavy atom. The SMILES string of the molecule is COCCn1c(C(=O)O)c(OC)c2ccccc21. The number of aromatic nitrogens is 1. The second-order valence-electron chi connectivity index (χ2n) is 3.85. The van der Waals surface area contributed by atoms with E-state index in [0.717, 1.165) is 10.9 Å². The van der Waals surface area contributed by atoms with E-state index in [0.29, 0.717) is 18.9 Å². The van der Waals surface area contributed by atoms with Crippen LogP contribution in [0.25, 0.3) is 10.9 Å². The molecule has 0 unspecified atom stereocenters. The number of carbonyl (C=O) groups is 1. The normalized spacial score (nSPS) is 10.8. The van der Waals surface area contributed by atoms with Crippen molar-refractivity contribution >= 4 is 16.9 Å². The van der Waals surface area contributed by atoms with Crippen molar-refractivity contribution in [3.8, 4) is 5.75 Å². The maximum Gasteiger partial charge on any atom is 0.356 e. The standard InChI is InChI=1S/C13H15NO4/c1-17-8-7-14-10-6-4-3-5-9(10)12(18-2)11(14)13(15)16/h3-6H,7-8H2,1-2H3,(H,15,16). The number of carboxylic acid groups (broad SMARTS) is 1. The van der Waals surface area contributed by atoms with Gasteiger partial charge in [0.15, 0.2) is 11.4 Å². The number of para-hydroxylation sites is 1. The maximum absolute atomic E-state index is 11.4. The molecular formula is C13H15NO4. The van der Waals surface area contributed by atoms with Crippen LogP contribution in [0, 0.1) is 0 Å². The van der Waals surface area contributed by atoms with Crippen LogP contribution in [-0.4, -0.2) is 36.5 Å². The molecule has 1 heterocycles. The lowest BCUT2D eigenvalue weighted by Crippen LogP contribution is -2.12. The van der Waals surface area contributed by atoms with E-state index >= 15 is 0 Å². The highest BCUT2D eigenvalue weighted by Gasteiger charge is 2.22. The van der Waals surface area contributed by atoms with E-state index in [9.17, 15) is 9.90 Å². The fourth-order valence-corrected chi connectivity index (χ4v) is 2.11. The molecule has 0 aliphatic rings. The molecule has 0 saturated carbocycles. The molecule has 0 bridgehead atoms. The van der Waals surface area contributed by atoms with Gasteiger partial charge in [0.25, 0.3) is 0 Å². The molecular weight excluding hydrogens is 234 g/mol. The summed E-state index contributed by atoms with van der Waals surface area (Å²) in [6, 6.07) is 7.46. The highest BCUT2D eigenvalue weighted by molar-refractivity contribution is 6.01. The number of carboxylic acids is 1. The average Bonchev–Trinajstić information content (AvgIpc) is 2.70. The number of aromatic carboxylic acids is 1. The zero-order valence-electron chi connectivity index (χ0n) is 10.3. The zero-order chi connectivity index (χ0) is 13.1. The van der Waals surface area contributed by atoms with E-state index in [-0.39, 0.29) is 5.69 Å². The van der Waals surface area contributed by atoms with Gasteiger partial charge in [-0.15, -0.1) is 0 Å². The van der Waals surface area contributed by atoms with Gasteiger partial charge in [-0.2, -0.15) is 0 Å². The molecule has 0 spiro atoms. The Balaban J connectivity index is 2.70.